The van der Waals surface area contributed by atoms with Gasteiger partial charge in [0.2, 0.25) is 0 Å². The fourth-order valence-electron chi connectivity index (χ4n) is 5.04. The normalized spacial score (nSPS) is 25.8. The second-order valence-electron chi connectivity index (χ2n) is 8.31. The highest BCUT2D eigenvalue weighted by Gasteiger charge is 2.49. The number of nitrogens with zero attached hydrogens (tertiary/aromatic N) is 1. The van der Waals surface area contributed by atoms with Gasteiger partial charge in [-0.1, -0.05) is 30.3 Å². The molecule has 0 bridgehead atoms. The Hall–Kier alpha value is -2.42. The van der Waals surface area contributed by atoms with E-state index >= 15 is 0 Å². The van der Waals surface area contributed by atoms with E-state index in [0.717, 1.165) is 35.5 Å². The number of nitrogens with one attached hydrogen (secondary N) is 1. The minimum atomic E-state index is -4.74. The van der Waals surface area contributed by atoms with Crippen LogP contribution in [0.25, 0.3) is 10.6 Å². The molecule has 1 N–H and O–H groups in total. The van der Waals surface area contributed by atoms with E-state index in [9.17, 15) is 13.2 Å². The van der Waals surface area contributed by atoms with Gasteiger partial charge < -0.3 is 14.8 Å². The Labute approximate surface area is 188 Å². The first kappa shape index (κ1) is 21.4. The van der Waals surface area contributed by atoms with Crippen LogP contribution in [0.5, 0.6) is 5.75 Å². The highest BCUT2D eigenvalue weighted by atomic mass is 32.1. The van der Waals surface area contributed by atoms with E-state index in [0.29, 0.717) is 13.0 Å². The van der Waals surface area contributed by atoms with Crippen LogP contribution in [0.4, 0.5) is 13.2 Å². The van der Waals surface area contributed by atoms with Gasteiger partial charge in [0.1, 0.15) is 10.8 Å². The predicted molar refractivity (Wildman–Crippen MR) is 117 cm³/mol. The summed E-state index contributed by atoms with van der Waals surface area (Å²) in [5.41, 5.74) is 2.39. The predicted octanol–water partition coefficient (Wildman–Crippen LogP) is 6.08. The van der Waals surface area contributed by atoms with Crippen LogP contribution in [-0.4, -0.2) is 30.1 Å². The van der Waals surface area contributed by atoms with E-state index in [2.05, 4.69) is 27.2 Å². The van der Waals surface area contributed by atoms with Gasteiger partial charge in [0.25, 0.3) is 0 Å². The van der Waals surface area contributed by atoms with Crippen molar-refractivity contribution < 1.29 is 22.6 Å². The topological polar surface area (TPSA) is 43.4 Å². The van der Waals surface area contributed by atoms with Gasteiger partial charge >= 0.3 is 6.36 Å². The molecule has 0 saturated carbocycles. The number of rotatable bonds is 4. The fourth-order valence-corrected chi connectivity index (χ4v) is 5.72. The van der Waals surface area contributed by atoms with Gasteiger partial charge in [0.15, 0.2) is 0 Å². The summed E-state index contributed by atoms with van der Waals surface area (Å²) < 4.78 is 49.4. The third-order valence-corrected chi connectivity index (χ3v) is 7.11. The summed E-state index contributed by atoms with van der Waals surface area (Å²) in [7, 11) is 0. The maximum Gasteiger partial charge on any atom is 0.573 e. The number of hydrogen-bond acceptors (Lipinski definition) is 5. The highest BCUT2D eigenvalue weighted by molar-refractivity contribution is 7.13. The lowest BCUT2D eigenvalue weighted by molar-refractivity contribution is -0.274. The van der Waals surface area contributed by atoms with Gasteiger partial charge in [-0.3, -0.25) is 0 Å². The standard InChI is InChI=1S/C24H23F3N2O2S/c25-24(26,27)31-18-7-8-19(22-29-11-12-32-22)20(13-18)17-14-23(30-15-17)9-4-10-28-21(23)16-5-2-1-3-6-16/h1-3,5-8,11-13,17,21,28H,4,9-10,14-15H2/t17-,21+,23?/m1/s1. The molecule has 3 heterocycles. The highest BCUT2D eigenvalue weighted by Crippen LogP contribution is 2.50. The Morgan fingerprint density at radius 3 is 2.75 bits per heavy atom. The summed E-state index contributed by atoms with van der Waals surface area (Å²) in [6, 6.07) is 14.8. The molecule has 32 heavy (non-hydrogen) atoms. The molecule has 0 radical (unpaired) electrons. The van der Waals surface area contributed by atoms with Crippen molar-refractivity contribution in [2.75, 3.05) is 13.2 Å². The van der Waals surface area contributed by atoms with Crippen molar-refractivity contribution in [2.45, 2.75) is 43.2 Å². The molecule has 0 aliphatic carbocycles. The Bertz CT molecular complexity index is 1060. The lowest BCUT2D eigenvalue weighted by atomic mass is 9.76. The van der Waals surface area contributed by atoms with E-state index in [1.807, 2.05) is 23.6 Å². The fraction of sp³-hybridized carbons (Fsp3) is 0.375. The quantitative estimate of drug-likeness (QED) is 0.513. The summed E-state index contributed by atoms with van der Waals surface area (Å²) in [6.45, 7) is 1.35. The molecule has 2 aliphatic rings. The minimum absolute atomic E-state index is 0.0420. The second-order valence-corrected chi connectivity index (χ2v) is 9.21. The molecular weight excluding hydrogens is 437 g/mol. The van der Waals surface area contributed by atoms with Crippen LogP contribution >= 0.6 is 11.3 Å². The number of benzene rings is 2. The van der Waals surface area contributed by atoms with Crippen molar-refractivity contribution in [2.24, 2.45) is 0 Å². The van der Waals surface area contributed by atoms with E-state index in [-0.39, 0.29) is 17.7 Å². The second kappa shape index (κ2) is 8.50. The number of ether oxygens (including phenoxy) is 2. The molecule has 1 spiro atoms. The zero-order valence-electron chi connectivity index (χ0n) is 17.3. The van der Waals surface area contributed by atoms with Gasteiger partial charge in [0.05, 0.1) is 18.2 Å². The van der Waals surface area contributed by atoms with Crippen molar-refractivity contribution >= 4 is 11.3 Å². The molecule has 2 fully saturated rings. The van der Waals surface area contributed by atoms with Crippen LogP contribution < -0.4 is 10.1 Å². The Balaban J connectivity index is 1.50. The van der Waals surface area contributed by atoms with Crippen LogP contribution in [0.15, 0.2) is 60.1 Å². The first-order valence-corrected chi connectivity index (χ1v) is 11.5. The molecule has 5 rings (SSSR count). The lowest BCUT2D eigenvalue weighted by Crippen LogP contribution is -2.48. The molecule has 1 aromatic heterocycles. The van der Waals surface area contributed by atoms with E-state index in [4.69, 9.17) is 4.74 Å². The summed E-state index contributed by atoms with van der Waals surface area (Å²) in [4.78, 5) is 4.39. The molecule has 2 aromatic carbocycles. The molecule has 3 atom stereocenters. The van der Waals surface area contributed by atoms with Gasteiger partial charge in [-0.25, -0.2) is 4.98 Å². The monoisotopic (exact) mass is 460 g/mol. The molecule has 1 unspecified atom stereocenters. The first-order valence-electron chi connectivity index (χ1n) is 10.7. The zero-order valence-corrected chi connectivity index (χ0v) is 18.1. The third kappa shape index (κ3) is 4.27. The Morgan fingerprint density at radius 1 is 1.16 bits per heavy atom. The van der Waals surface area contributed by atoms with Crippen molar-refractivity contribution in [3.05, 3.63) is 71.2 Å². The minimum Gasteiger partial charge on any atom is -0.406 e. The number of alkyl halides is 3. The summed E-state index contributed by atoms with van der Waals surface area (Å²) in [5, 5.41) is 6.26. The van der Waals surface area contributed by atoms with E-state index in [1.54, 1.807) is 12.3 Å². The van der Waals surface area contributed by atoms with Gasteiger partial charge in [-0.2, -0.15) is 0 Å². The van der Waals surface area contributed by atoms with Gasteiger partial charge in [-0.05, 0) is 55.1 Å². The summed E-state index contributed by atoms with van der Waals surface area (Å²) >= 11 is 1.47. The van der Waals surface area contributed by atoms with Crippen molar-refractivity contribution in [1.82, 2.24) is 10.3 Å². The van der Waals surface area contributed by atoms with Crippen molar-refractivity contribution in [3.63, 3.8) is 0 Å². The largest absolute Gasteiger partial charge is 0.573 e. The third-order valence-electron chi connectivity index (χ3n) is 6.31. The maximum absolute atomic E-state index is 12.9. The average Bonchev–Trinajstić information content (AvgIpc) is 3.45. The summed E-state index contributed by atoms with van der Waals surface area (Å²) in [5.74, 6) is -0.271. The number of halogens is 3. The maximum atomic E-state index is 12.9. The number of hydrogen-bond donors (Lipinski definition) is 1. The van der Waals surface area contributed by atoms with E-state index < -0.39 is 12.0 Å². The average molecular weight is 461 g/mol. The molecule has 0 amide bonds. The molecule has 4 nitrogen and oxygen atoms in total. The van der Waals surface area contributed by atoms with Crippen molar-refractivity contribution in [1.29, 1.82) is 0 Å². The van der Waals surface area contributed by atoms with Crippen LogP contribution in [0.1, 0.15) is 42.3 Å². The molecule has 8 heteroatoms. The smallest absolute Gasteiger partial charge is 0.406 e. The number of piperidine rings is 1. The van der Waals surface area contributed by atoms with Crippen LogP contribution in [0.3, 0.4) is 0 Å². The Kier molecular flexibility index (Phi) is 5.69. The Morgan fingerprint density at radius 2 is 2.00 bits per heavy atom. The van der Waals surface area contributed by atoms with Crippen LogP contribution in [-0.2, 0) is 4.74 Å². The first-order chi connectivity index (χ1) is 15.4. The van der Waals surface area contributed by atoms with Crippen LogP contribution in [0, 0.1) is 0 Å². The van der Waals surface area contributed by atoms with Crippen molar-refractivity contribution in [3.8, 4) is 16.3 Å². The van der Waals surface area contributed by atoms with Gasteiger partial charge in [0, 0.05) is 23.1 Å². The lowest BCUT2D eigenvalue weighted by Gasteiger charge is -2.41. The van der Waals surface area contributed by atoms with Gasteiger partial charge in [-0.15, -0.1) is 24.5 Å². The number of aromatic nitrogens is 1. The molecule has 2 saturated heterocycles. The molecule has 168 valence electrons. The van der Waals surface area contributed by atoms with E-state index in [1.165, 1.54) is 29.0 Å². The molecular formula is C24H23F3N2O2S. The number of thiazole rings is 1. The molecule has 3 aromatic rings. The summed E-state index contributed by atoms with van der Waals surface area (Å²) in [6.07, 6.45) is -0.423. The zero-order chi connectivity index (χ0) is 22.2. The van der Waals surface area contributed by atoms with Crippen LogP contribution in [0.2, 0.25) is 0 Å². The molecule has 2 aliphatic heterocycles. The SMILES string of the molecule is FC(F)(F)Oc1ccc(-c2nccs2)c([C@H]2COC3(CCCN[C@H]3c3ccccc3)C2)c1.